The monoisotopic (exact) mass is 300 g/mol. The Morgan fingerprint density at radius 3 is 0.857 bits per heavy atom. The number of fused-ring (bicyclic) bond motifs is 1. The summed E-state index contributed by atoms with van der Waals surface area (Å²) in [6, 6.07) is 0. The molecule has 0 unspecified atom stereocenters. The molecule has 0 aromatic heterocycles. The lowest BCUT2D eigenvalue weighted by atomic mass is 10.8. The minimum atomic E-state index is 0.488. The van der Waals surface area contributed by atoms with E-state index in [1.807, 2.05) is 0 Å². The third kappa shape index (κ3) is 1.67. The first-order valence-electron chi connectivity index (χ1n) is 4.71. The van der Waals surface area contributed by atoms with E-state index in [1.54, 1.807) is 0 Å². The fourth-order valence-corrected chi connectivity index (χ4v) is 14.7. The van der Waals surface area contributed by atoms with Crippen molar-refractivity contribution in [1.82, 2.24) is 0 Å². The van der Waals surface area contributed by atoms with Crippen molar-refractivity contribution in [3.8, 4) is 0 Å². The van der Waals surface area contributed by atoms with Gasteiger partial charge in [0.05, 0.1) is 0 Å². The van der Waals surface area contributed by atoms with Gasteiger partial charge in [-0.05, 0) is 0 Å². The van der Waals surface area contributed by atoms with Crippen molar-refractivity contribution >= 4 is 70.6 Å². The zero-order valence-corrected chi connectivity index (χ0v) is 12.6. The highest BCUT2D eigenvalue weighted by Crippen LogP contribution is 2.73. The molecule has 3 saturated heterocycles. The van der Waals surface area contributed by atoms with E-state index in [0.717, 1.165) is 0 Å². The van der Waals surface area contributed by atoms with Gasteiger partial charge in [-0.2, -0.15) is 0 Å². The van der Waals surface area contributed by atoms with Crippen molar-refractivity contribution in [3.05, 3.63) is 0 Å². The second kappa shape index (κ2) is 4.41. The Hall–Kier alpha value is 2.10. The molecule has 0 saturated carbocycles. The molecule has 80 valence electrons. The summed E-state index contributed by atoms with van der Waals surface area (Å²) in [6.07, 6.45) is 0. The van der Waals surface area contributed by atoms with Gasteiger partial charge in [-0.1, -0.05) is 0 Å². The molecule has 3 fully saturated rings. The van der Waals surface area contributed by atoms with E-state index >= 15 is 0 Å². The lowest BCUT2D eigenvalue weighted by Crippen LogP contribution is -2.39. The molecule has 3 rings (SSSR count). The van der Waals surface area contributed by atoms with Crippen LogP contribution in [0.4, 0.5) is 0 Å². The number of thioether (sulfide) groups is 6. The van der Waals surface area contributed by atoms with Gasteiger partial charge in [0.15, 0.2) is 0 Å². The van der Waals surface area contributed by atoms with Crippen LogP contribution in [0.3, 0.4) is 0 Å². The van der Waals surface area contributed by atoms with Crippen LogP contribution < -0.4 is 0 Å². The Morgan fingerprint density at radius 2 is 0.643 bits per heavy atom. The van der Waals surface area contributed by atoms with E-state index in [9.17, 15) is 0 Å². The van der Waals surface area contributed by atoms with Crippen molar-refractivity contribution in [1.29, 1.82) is 0 Å². The third-order valence-electron chi connectivity index (χ3n) is 2.38. The summed E-state index contributed by atoms with van der Waals surface area (Å²) in [7, 11) is 0. The molecule has 0 bridgehead atoms. The van der Waals surface area contributed by atoms with Crippen molar-refractivity contribution < 1.29 is 0 Å². The average Bonchev–Trinajstić information content (AvgIpc) is 2.81. The molecule has 0 aliphatic carbocycles. The molecular weight excluding hydrogens is 288 g/mol. The fraction of sp³-hybridized carbons (Fsp3) is 1.00. The zero-order valence-electron chi connectivity index (χ0n) is 7.69. The lowest BCUT2D eigenvalue weighted by molar-refractivity contribution is 1.18. The van der Waals surface area contributed by atoms with E-state index in [-0.39, 0.29) is 0 Å². The van der Waals surface area contributed by atoms with Gasteiger partial charge >= 0.3 is 0 Å². The van der Waals surface area contributed by atoms with E-state index in [4.69, 9.17) is 0 Å². The van der Waals surface area contributed by atoms with Gasteiger partial charge in [-0.3, -0.25) is 0 Å². The van der Waals surface area contributed by atoms with Crippen molar-refractivity contribution in [3.63, 3.8) is 0 Å². The second-order valence-corrected chi connectivity index (χ2v) is 12.6. The van der Waals surface area contributed by atoms with Gasteiger partial charge in [0.2, 0.25) is 0 Å². The summed E-state index contributed by atoms with van der Waals surface area (Å²) in [5.41, 5.74) is 0. The van der Waals surface area contributed by atoms with Gasteiger partial charge in [-0.15, -0.1) is 70.6 Å². The minimum Gasteiger partial charge on any atom is -0.129 e. The van der Waals surface area contributed by atoms with Crippen LogP contribution in [-0.4, -0.2) is 41.3 Å². The first kappa shape index (κ1) is 11.2. The van der Waals surface area contributed by atoms with Gasteiger partial charge in [0, 0.05) is 34.5 Å². The van der Waals surface area contributed by atoms with Crippen molar-refractivity contribution in [2.24, 2.45) is 0 Å². The van der Waals surface area contributed by atoms with Crippen LogP contribution in [0.15, 0.2) is 0 Å². The van der Waals surface area contributed by atoms with Crippen LogP contribution in [0.1, 0.15) is 0 Å². The van der Waals surface area contributed by atoms with Crippen molar-refractivity contribution in [2.75, 3.05) is 34.5 Å². The molecule has 6 heteroatoms. The highest BCUT2D eigenvalue weighted by atomic mass is 32.3. The SMILES string of the molecule is C1CSC2(S1)SCCSC21SCCS1. The fourth-order valence-electron chi connectivity index (χ4n) is 1.84. The molecule has 0 atom stereocenters. The smallest absolute Gasteiger partial charge is 0.129 e. The van der Waals surface area contributed by atoms with Crippen LogP contribution in [0.2, 0.25) is 0 Å². The standard InChI is InChI=1S/C8H12S6/c1-2-10-7(9-1)8(11-3-4-12-8)14-6-5-13-7/h1-6H2. The van der Waals surface area contributed by atoms with E-state index < -0.39 is 0 Å². The predicted octanol–water partition coefficient (Wildman–Crippen LogP) is 3.73. The molecule has 0 radical (unpaired) electrons. The quantitative estimate of drug-likeness (QED) is 0.663. The Morgan fingerprint density at radius 1 is 0.429 bits per heavy atom. The van der Waals surface area contributed by atoms with Crippen LogP contribution in [0.25, 0.3) is 0 Å². The van der Waals surface area contributed by atoms with Crippen molar-refractivity contribution in [2.45, 2.75) is 6.82 Å². The molecule has 3 aliphatic heterocycles. The van der Waals surface area contributed by atoms with Crippen LogP contribution in [0, 0.1) is 0 Å². The summed E-state index contributed by atoms with van der Waals surface area (Å²) in [5.74, 6) is 8.16. The number of hydrogen-bond acceptors (Lipinski definition) is 6. The average molecular weight is 301 g/mol. The topological polar surface area (TPSA) is 0 Å². The summed E-state index contributed by atoms with van der Waals surface area (Å²) in [4.78, 5) is 0. The molecule has 0 aromatic rings. The van der Waals surface area contributed by atoms with E-state index in [1.165, 1.54) is 34.5 Å². The number of hydrogen-bond donors (Lipinski definition) is 0. The van der Waals surface area contributed by atoms with Gasteiger partial charge in [-0.25, -0.2) is 0 Å². The molecule has 3 heterocycles. The van der Waals surface area contributed by atoms with E-state index in [2.05, 4.69) is 70.6 Å². The maximum absolute atomic E-state index is 2.23. The number of rotatable bonds is 0. The van der Waals surface area contributed by atoms with Gasteiger partial charge in [0.25, 0.3) is 0 Å². The highest BCUT2D eigenvalue weighted by Gasteiger charge is 2.59. The third-order valence-corrected chi connectivity index (χ3v) is 15.1. The lowest BCUT2D eigenvalue weighted by Gasteiger charge is -2.45. The first-order chi connectivity index (χ1) is 6.87. The Balaban J connectivity index is 1.91. The Labute approximate surface area is 111 Å². The van der Waals surface area contributed by atoms with E-state index in [0.29, 0.717) is 6.82 Å². The summed E-state index contributed by atoms with van der Waals surface area (Å²) in [5, 5.41) is 0. The molecule has 3 aliphatic rings. The maximum atomic E-state index is 2.23. The summed E-state index contributed by atoms with van der Waals surface area (Å²) in [6.45, 7) is 0. The summed E-state index contributed by atoms with van der Waals surface area (Å²) >= 11 is 13.4. The minimum absolute atomic E-state index is 0.488. The molecule has 14 heavy (non-hydrogen) atoms. The van der Waals surface area contributed by atoms with Crippen LogP contribution in [-0.2, 0) is 0 Å². The highest BCUT2D eigenvalue weighted by molar-refractivity contribution is 8.45. The molecule has 0 amide bonds. The molecule has 2 spiro atoms. The molecule has 0 nitrogen and oxygen atoms in total. The largest absolute Gasteiger partial charge is 0.140 e. The van der Waals surface area contributed by atoms with Crippen LogP contribution in [0.5, 0.6) is 0 Å². The molecule has 0 aromatic carbocycles. The summed E-state index contributed by atoms with van der Waals surface area (Å²) < 4.78 is 0.976. The molecule has 0 N–H and O–H groups in total. The van der Waals surface area contributed by atoms with Gasteiger partial charge in [0.1, 0.15) is 6.82 Å². The first-order valence-corrected chi connectivity index (χ1v) is 10.6. The van der Waals surface area contributed by atoms with Gasteiger partial charge < -0.3 is 0 Å². The van der Waals surface area contributed by atoms with Crippen LogP contribution >= 0.6 is 70.6 Å². The zero-order chi connectivity index (χ0) is 9.49. The predicted molar refractivity (Wildman–Crippen MR) is 80.2 cm³/mol. The second-order valence-electron chi connectivity index (χ2n) is 3.20. The maximum Gasteiger partial charge on any atom is 0.140 e. The Kier molecular flexibility index (Phi) is 3.53. The Bertz CT molecular complexity index is 194. The normalized spacial score (nSPS) is 34.3. The molecular formula is C8H12S6.